The number of carbonyl (C=O) groups excluding carboxylic acids is 1. The monoisotopic (exact) mass is 251 g/mol. The summed E-state index contributed by atoms with van der Waals surface area (Å²) in [7, 11) is 3.07. The summed E-state index contributed by atoms with van der Waals surface area (Å²) in [6, 6.07) is 3.38. The zero-order valence-corrected chi connectivity index (χ0v) is 10.1. The molecular weight excluding hydrogens is 238 g/mol. The Balaban J connectivity index is 2.24. The third kappa shape index (κ3) is 2.40. The van der Waals surface area contributed by atoms with Crippen molar-refractivity contribution in [3.8, 4) is 5.75 Å². The van der Waals surface area contributed by atoms with Crippen LogP contribution in [0.25, 0.3) is 11.0 Å². The maximum atomic E-state index is 11.6. The molecule has 1 N–H and O–H groups in total. The van der Waals surface area contributed by atoms with Gasteiger partial charge < -0.3 is 14.8 Å². The first-order valence-electron chi connectivity index (χ1n) is 5.34. The minimum absolute atomic E-state index is 0.161. The molecule has 0 unspecified atom stereocenters. The van der Waals surface area contributed by atoms with Crippen molar-refractivity contribution in [2.45, 2.75) is 6.42 Å². The summed E-state index contributed by atoms with van der Waals surface area (Å²) in [6.45, 7) is 0.363. The van der Waals surface area contributed by atoms with Crippen molar-refractivity contribution in [3.05, 3.63) is 12.1 Å². The van der Waals surface area contributed by atoms with Crippen molar-refractivity contribution < 1.29 is 18.9 Å². The Morgan fingerprint density at radius 2 is 2.11 bits per heavy atom. The van der Waals surface area contributed by atoms with Gasteiger partial charge in [0.25, 0.3) is 0 Å². The van der Waals surface area contributed by atoms with E-state index in [9.17, 15) is 4.79 Å². The number of ether oxygens (including phenoxy) is 2. The summed E-state index contributed by atoms with van der Waals surface area (Å²) >= 11 is 0. The Morgan fingerprint density at radius 3 is 2.83 bits per heavy atom. The molecule has 1 heterocycles. The van der Waals surface area contributed by atoms with Gasteiger partial charge in [-0.25, -0.2) is 4.63 Å². The maximum Gasteiger partial charge on any atom is 0.226 e. The van der Waals surface area contributed by atoms with Gasteiger partial charge in [0.1, 0.15) is 0 Å². The minimum Gasteiger partial charge on any atom is -0.494 e. The number of nitrogens with one attached hydrogen (secondary N) is 1. The lowest BCUT2D eigenvalue weighted by atomic mass is 10.2. The number of carbonyl (C=O) groups is 1. The number of benzene rings is 1. The van der Waals surface area contributed by atoms with Gasteiger partial charge in [0.05, 0.1) is 25.8 Å². The van der Waals surface area contributed by atoms with Crippen molar-refractivity contribution >= 4 is 22.6 Å². The lowest BCUT2D eigenvalue weighted by Crippen LogP contribution is -2.13. The molecule has 7 heteroatoms. The van der Waals surface area contributed by atoms with E-state index in [1.54, 1.807) is 19.2 Å². The molecule has 0 saturated carbocycles. The summed E-state index contributed by atoms with van der Waals surface area (Å²) in [6.07, 6.45) is 0.273. The standard InChI is InChI=1S/C11H13N3O4/c1-16-6-5-9(15)12-7-3-4-8(17-2)11-10(7)13-18-14-11/h3-4H,5-6H2,1-2H3,(H,12,15). The van der Waals surface area contributed by atoms with E-state index in [0.29, 0.717) is 29.1 Å². The Hall–Kier alpha value is -2.15. The molecule has 0 saturated heterocycles. The van der Waals surface area contributed by atoms with Crippen molar-refractivity contribution in [1.29, 1.82) is 0 Å². The van der Waals surface area contributed by atoms with E-state index >= 15 is 0 Å². The third-order valence-electron chi connectivity index (χ3n) is 2.41. The lowest BCUT2D eigenvalue weighted by molar-refractivity contribution is -0.117. The summed E-state index contributed by atoms with van der Waals surface area (Å²) in [5, 5.41) is 10.2. The molecule has 1 aromatic heterocycles. The van der Waals surface area contributed by atoms with Gasteiger partial charge in [-0.3, -0.25) is 4.79 Å². The van der Waals surface area contributed by atoms with Crippen molar-refractivity contribution in [2.24, 2.45) is 0 Å². The Morgan fingerprint density at radius 1 is 1.33 bits per heavy atom. The Bertz CT molecular complexity index is 552. The van der Waals surface area contributed by atoms with E-state index in [0.717, 1.165) is 0 Å². The first-order valence-corrected chi connectivity index (χ1v) is 5.34. The normalized spacial score (nSPS) is 10.6. The van der Waals surface area contributed by atoms with Crippen LogP contribution in [-0.4, -0.2) is 37.0 Å². The molecule has 0 fully saturated rings. The third-order valence-corrected chi connectivity index (χ3v) is 2.41. The van der Waals surface area contributed by atoms with Gasteiger partial charge in [-0.15, -0.1) is 0 Å². The van der Waals surface area contributed by atoms with Crippen LogP contribution in [0.4, 0.5) is 5.69 Å². The smallest absolute Gasteiger partial charge is 0.226 e. The number of hydrogen-bond donors (Lipinski definition) is 1. The molecule has 0 spiro atoms. The molecule has 18 heavy (non-hydrogen) atoms. The average molecular weight is 251 g/mol. The fraction of sp³-hybridized carbons (Fsp3) is 0.364. The average Bonchev–Trinajstić information content (AvgIpc) is 2.86. The van der Waals surface area contributed by atoms with E-state index in [1.165, 1.54) is 7.11 Å². The molecule has 0 aliphatic rings. The lowest BCUT2D eigenvalue weighted by Gasteiger charge is -2.06. The molecule has 96 valence electrons. The summed E-state index contributed by atoms with van der Waals surface area (Å²) in [4.78, 5) is 11.6. The molecule has 2 aromatic rings. The maximum absolute atomic E-state index is 11.6. The van der Waals surface area contributed by atoms with Crippen LogP contribution in [0, 0.1) is 0 Å². The van der Waals surface area contributed by atoms with E-state index in [4.69, 9.17) is 9.47 Å². The predicted molar refractivity (Wildman–Crippen MR) is 63.5 cm³/mol. The number of nitrogens with zero attached hydrogens (tertiary/aromatic N) is 2. The van der Waals surface area contributed by atoms with Gasteiger partial charge in [-0.1, -0.05) is 0 Å². The molecular formula is C11H13N3O4. The topological polar surface area (TPSA) is 86.5 Å². The zero-order chi connectivity index (χ0) is 13.0. The summed E-state index contributed by atoms with van der Waals surface area (Å²) in [5.41, 5.74) is 1.47. The van der Waals surface area contributed by atoms with Gasteiger partial charge in [0.15, 0.2) is 16.8 Å². The molecule has 0 bridgehead atoms. The highest BCUT2D eigenvalue weighted by Crippen LogP contribution is 2.28. The SMILES string of the molecule is COCCC(=O)Nc1ccc(OC)c2nonc12. The molecule has 1 aromatic carbocycles. The number of amides is 1. The highest BCUT2D eigenvalue weighted by Gasteiger charge is 2.13. The van der Waals surface area contributed by atoms with E-state index in [-0.39, 0.29) is 12.3 Å². The number of rotatable bonds is 5. The van der Waals surface area contributed by atoms with Crippen LogP contribution in [0.1, 0.15) is 6.42 Å². The van der Waals surface area contributed by atoms with Gasteiger partial charge >= 0.3 is 0 Å². The van der Waals surface area contributed by atoms with E-state index in [1.807, 2.05) is 0 Å². The number of aromatic nitrogens is 2. The van der Waals surface area contributed by atoms with Crippen molar-refractivity contribution in [3.63, 3.8) is 0 Å². The fourth-order valence-electron chi connectivity index (χ4n) is 1.52. The van der Waals surface area contributed by atoms with Crippen LogP contribution >= 0.6 is 0 Å². The van der Waals surface area contributed by atoms with Crippen LogP contribution in [0.5, 0.6) is 5.75 Å². The molecule has 2 rings (SSSR count). The van der Waals surface area contributed by atoms with Gasteiger partial charge in [-0.05, 0) is 22.4 Å². The van der Waals surface area contributed by atoms with Crippen LogP contribution in [0.3, 0.4) is 0 Å². The fourth-order valence-corrected chi connectivity index (χ4v) is 1.52. The molecule has 7 nitrogen and oxygen atoms in total. The second kappa shape index (κ2) is 5.46. The van der Waals surface area contributed by atoms with Crippen LogP contribution < -0.4 is 10.1 Å². The molecule has 0 atom stereocenters. The Labute approximate surface area is 103 Å². The van der Waals surface area contributed by atoms with Crippen molar-refractivity contribution in [1.82, 2.24) is 10.3 Å². The van der Waals surface area contributed by atoms with Crippen molar-refractivity contribution in [2.75, 3.05) is 26.1 Å². The summed E-state index contributed by atoms with van der Waals surface area (Å²) in [5.74, 6) is 0.382. The van der Waals surface area contributed by atoms with Gasteiger partial charge in [0, 0.05) is 7.11 Å². The second-order valence-corrected chi connectivity index (χ2v) is 3.57. The molecule has 0 aliphatic heterocycles. The van der Waals surface area contributed by atoms with E-state index < -0.39 is 0 Å². The van der Waals surface area contributed by atoms with Crippen LogP contribution in [-0.2, 0) is 9.53 Å². The number of anilines is 1. The second-order valence-electron chi connectivity index (χ2n) is 3.57. The quantitative estimate of drug-likeness (QED) is 0.859. The van der Waals surface area contributed by atoms with Crippen LogP contribution in [0.15, 0.2) is 16.8 Å². The number of methoxy groups -OCH3 is 2. The number of hydrogen-bond acceptors (Lipinski definition) is 6. The molecule has 0 radical (unpaired) electrons. The highest BCUT2D eigenvalue weighted by atomic mass is 16.6. The molecule has 0 aliphatic carbocycles. The predicted octanol–water partition coefficient (Wildman–Crippen LogP) is 1.21. The number of fused-ring (bicyclic) bond motifs is 1. The summed E-state index contributed by atoms with van der Waals surface area (Å²) < 4.78 is 14.6. The first-order chi connectivity index (χ1) is 8.76. The van der Waals surface area contributed by atoms with Gasteiger partial charge in [-0.2, -0.15) is 0 Å². The zero-order valence-electron chi connectivity index (χ0n) is 10.1. The molecule has 1 amide bonds. The minimum atomic E-state index is -0.161. The highest BCUT2D eigenvalue weighted by molar-refractivity contribution is 6.00. The largest absolute Gasteiger partial charge is 0.494 e. The van der Waals surface area contributed by atoms with E-state index in [2.05, 4.69) is 20.3 Å². The van der Waals surface area contributed by atoms with Crippen LogP contribution in [0.2, 0.25) is 0 Å². The first kappa shape index (κ1) is 12.3. The Kier molecular flexibility index (Phi) is 3.73. The van der Waals surface area contributed by atoms with Gasteiger partial charge in [0.2, 0.25) is 5.91 Å².